The molecule has 1 N–H and O–H groups in total. The number of aromatic nitrogens is 1. The zero-order valence-corrected chi connectivity index (χ0v) is 10.5. The van der Waals surface area contributed by atoms with E-state index in [0.717, 1.165) is 5.01 Å². The molecule has 14 heavy (non-hydrogen) atoms. The Kier molecular flexibility index (Phi) is 4.08. The molecule has 1 aromatic heterocycles. The first-order valence-corrected chi connectivity index (χ1v) is 6.00. The van der Waals surface area contributed by atoms with Crippen LogP contribution in [0.25, 0.3) is 0 Å². The molecule has 3 heteroatoms. The number of thiazole rings is 1. The van der Waals surface area contributed by atoms with Gasteiger partial charge in [0.05, 0.1) is 5.01 Å². The molecule has 0 aliphatic rings. The Bertz CT molecular complexity index is 281. The van der Waals surface area contributed by atoms with Crippen LogP contribution in [-0.4, -0.2) is 11.0 Å². The minimum Gasteiger partial charge on any atom is -0.307 e. The van der Waals surface area contributed by atoms with Crippen molar-refractivity contribution in [2.75, 3.05) is 0 Å². The predicted octanol–water partition coefficient (Wildman–Crippen LogP) is 3.15. The third-order valence-corrected chi connectivity index (χ3v) is 3.67. The maximum atomic E-state index is 4.27. The van der Waals surface area contributed by atoms with Crippen LogP contribution in [0.2, 0.25) is 0 Å². The normalized spacial score (nSPS) is 15.9. The van der Waals surface area contributed by atoms with Crippen molar-refractivity contribution in [3.8, 4) is 0 Å². The zero-order valence-electron chi connectivity index (χ0n) is 9.66. The third kappa shape index (κ3) is 3.07. The van der Waals surface area contributed by atoms with E-state index in [-0.39, 0.29) is 0 Å². The van der Waals surface area contributed by atoms with Gasteiger partial charge in [-0.2, -0.15) is 0 Å². The molecular weight excluding hydrogens is 192 g/mol. The number of rotatable bonds is 4. The van der Waals surface area contributed by atoms with E-state index in [0.29, 0.717) is 18.0 Å². The van der Waals surface area contributed by atoms with Crippen LogP contribution in [0.15, 0.2) is 6.20 Å². The first-order chi connectivity index (χ1) is 6.50. The van der Waals surface area contributed by atoms with Crippen molar-refractivity contribution >= 4 is 11.3 Å². The number of aryl methyl sites for hydroxylation is 1. The average Bonchev–Trinajstić information content (AvgIpc) is 2.51. The first-order valence-electron chi connectivity index (χ1n) is 5.19. The van der Waals surface area contributed by atoms with Gasteiger partial charge in [0.2, 0.25) is 0 Å². The van der Waals surface area contributed by atoms with Gasteiger partial charge < -0.3 is 5.32 Å². The fraction of sp³-hybridized carbons (Fsp3) is 0.727. The molecule has 1 rings (SSSR count). The summed E-state index contributed by atoms with van der Waals surface area (Å²) < 4.78 is 0. The van der Waals surface area contributed by atoms with Crippen LogP contribution in [0.1, 0.15) is 43.6 Å². The Morgan fingerprint density at radius 3 is 2.36 bits per heavy atom. The molecule has 1 heterocycles. The van der Waals surface area contributed by atoms with Crippen LogP contribution in [-0.2, 0) is 0 Å². The number of nitrogens with zero attached hydrogens (tertiary/aromatic N) is 1. The van der Waals surface area contributed by atoms with Crippen LogP contribution >= 0.6 is 11.3 Å². The van der Waals surface area contributed by atoms with Crippen LogP contribution < -0.4 is 5.32 Å². The summed E-state index contributed by atoms with van der Waals surface area (Å²) in [5, 5.41) is 4.72. The van der Waals surface area contributed by atoms with Gasteiger partial charge in [-0.3, -0.25) is 0 Å². The highest BCUT2D eigenvalue weighted by Crippen LogP contribution is 2.21. The lowest BCUT2D eigenvalue weighted by Crippen LogP contribution is -2.32. The van der Waals surface area contributed by atoms with Crippen molar-refractivity contribution < 1.29 is 0 Å². The van der Waals surface area contributed by atoms with E-state index < -0.39 is 0 Å². The van der Waals surface area contributed by atoms with Gasteiger partial charge in [0.25, 0.3) is 0 Å². The average molecular weight is 212 g/mol. The van der Waals surface area contributed by atoms with E-state index in [2.05, 4.69) is 38.0 Å². The number of hydrogen-bond donors (Lipinski definition) is 1. The second-order valence-corrected chi connectivity index (χ2v) is 5.47. The Morgan fingerprint density at radius 2 is 1.93 bits per heavy atom. The van der Waals surface area contributed by atoms with Crippen molar-refractivity contribution in [1.29, 1.82) is 0 Å². The monoisotopic (exact) mass is 212 g/mol. The van der Waals surface area contributed by atoms with E-state index in [1.54, 1.807) is 11.3 Å². The molecule has 2 unspecified atom stereocenters. The molecule has 1 aromatic rings. The molecular formula is C11H20N2S. The standard InChI is InChI=1S/C11H20N2S/c1-7(2)8(3)13-9(4)11-6-12-10(5)14-11/h6-9,13H,1-5H3. The summed E-state index contributed by atoms with van der Waals surface area (Å²) in [6.45, 7) is 11.0. The Hall–Kier alpha value is -0.410. The summed E-state index contributed by atoms with van der Waals surface area (Å²) in [6.07, 6.45) is 1.98. The summed E-state index contributed by atoms with van der Waals surface area (Å²) in [4.78, 5) is 5.60. The fourth-order valence-electron chi connectivity index (χ4n) is 1.25. The van der Waals surface area contributed by atoms with Crippen LogP contribution in [0, 0.1) is 12.8 Å². The predicted molar refractivity (Wildman–Crippen MR) is 62.7 cm³/mol. The Balaban J connectivity index is 2.54. The van der Waals surface area contributed by atoms with E-state index >= 15 is 0 Å². The van der Waals surface area contributed by atoms with Gasteiger partial charge in [-0.25, -0.2) is 4.98 Å². The fourth-order valence-corrected chi connectivity index (χ4v) is 2.04. The molecule has 0 aromatic carbocycles. The van der Waals surface area contributed by atoms with Gasteiger partial charge in [-0.05, 0) is 26.7 Å². The molecule has 0 aliphatic heterocycles. The first kappa shape index (κ1) is 11.7. The zero-order chi connectivity index (χ0) is 10.7. The lowest BCUT2D eigenvalue weighted by molar-refractivity contribution is 0.391. The lowest BCUT2D eigenvalue weighted by atomic mass is 10.1. The highest BCUT2D eigenvalue weighted by Gasteiger charge is 2.13. The van der Waals surface area contributed by atoms with E-state index in [1.165, 1.54) is 4.88 Å². The summed E-state index contributed by atoms with van der Waals surface area (Å²) in [5.74, 6) is 0.673. The molecule has 2 atom stereocenters. The highest BCUT2D eigenvalue weighted by atomic mass is 32.1. The highest BCUT2D eigenvalue weighted by molar-refractivity contribution is 7.11. The third-order valence-electron chi connectivity index (χ3n) is 2.58. The summed E-state index contributed by atoms with van der Waals surface area (Å²) in [6, 6.07) is 0.964. The van der Waals surface area contributed by atoms with Crippen LogP contribution in [0.3, 0.4) is 0 Å². The second kappa shape index (κ2) is 4.89. The maximum absolute atomic E-state index is 4.27. The van der Waals surface area contributed by atoms with Gasteiger partial charge in [-0.15, -0.1) is 11.3 Å². The molecule has 0 spiro atoms. The Labute approximate surface area is 90.8 Å². The summed E-state index contributed by atoms with van der Waals surface area (Å²) in [7, 11) is 0. The smallest absolute Gasteiger partial charge is 0.0897 e. The molecule has 0 saturated heterocycles. The molecule has 0 amide bonds. The number of nitrogens with one attached hydrogen (secondary N) is 1. The van der Waals surface area contributed by atoms with Gasteiger partial charge >= 0.3 is 0 Å². The molecule has 80 valence electrons. The SMILES string of the molecule is Cc1ncc(C(C)NC(C)C(C)C)s1. The van der Waals surface area contributed by atoms with Crippen molar-refractivity contribution in [2.24, 2.45) is 5.92 Å². The minimum atomic E-state index is 0.415. The largest absolute Gasteiger partial charge is 0.307 e. The molecule has 0 fully saturated rings. The Morgan fingerprint density at radius 1 is 1.29 bits per heavy atom. The summed E-state index contributed by atoms with van der Waals surface area (Å²) in [5.41, 5.74) is 0. The summed E-state index contributed by atoms with van der Waals surface area (Å²) >= 11 is 1.78. The second-order valence-electron chi connectivity index (χ2n) is 4.20. The molecule has 0 bridgehead atoms. The van der Waals surface area contributed by atoms with Gasteiger partial charge in [-0.1, -0.05) is 13.8 Å². The van der Waals surface area contributed by atoms with E-state index in [1.807, 2.05) is 13.1 Å². The van der Waals surface area contributed by atoms with Crippen molar-refractivity contribution in [2.45, 2.75) is 46.7 Å². The van der Waals surface area contributed by atoms with Gasteiger partial charge in [0.1, 0.15) is 0 Å². The maximum Gasteiger partial charge on any atom is 0.0897 e. The van der Waals surface area contributed by atoms with Crippen molar-refractivity contribution in [1.82, 2.24) is 10.3 Å². The lowest BCUT2D eigenvalue weighted by Gasteiger charge is -2.21. The van der Waals surface area contributed by atoms with Crippen molar-refractivity contribution in [3.05, 3.63) is 16.1 Å². The topological polar surface area (TPSA) is 24.9 Å². The van der Waals surface area contributed by atoms with Gasteiger partial charge in [0, 0.05) is 23.2 Å². The quantitative estimate of drug-likeness (QED) is 0.829. The van der Waals surface area contributed by atoms with Gasteiger partial charge in [0.15, 0.2) is 0 Å². The molecule has 2 nitrogen and oxygen atoms in total. The van der Waals surface area contributed by atoms with E-state index in [4.69, 9.17) is 0 Å². The minimum absolute atomic E-state index is 0.415. The van der Waals surface area contributed by atoms with E-state index in [9.17, 15) is 0 Å². The molecule has 0 radical (unpaired) electrons. The van der Waals surface area contributed by atoms with Crippen LogP contribution in [0.5, 0.6) is 0 Å². The molecule has 0 aliphatic carbocycles. The van der Waals surface area contributed by atoms with Crippen molar-refractivity contribution in [3.63, 3.8) is 0 Å². The molecule has 0 saturated carbocycles. The van der Waals surface area contributed by atoms with Crippen LogP contribution in [0.4, 0.5) is 0 Å². The number of hydrogen-bond acceptors (Lipinski definition) is 3.